The molecule has 4 N–H and O–H groups in total. The SMILES string of the molecule is Nc1cc(C(=O)Nc2ccccc2O)nc(Cl)c1Cl. The van der Waals surface area contributed by atoms with Crippen molar-refractivity contribution in [3.8, 4) is 5.75 Å². The van der Waals surface area contributed by atoms with E-state index in [2.05, 4.69) is 10.3 Å². The molecule has 2 aromatic rings. The van der Waals surface area contributed by atoms with Crippen molar-refractivity contribution in [1.29, 1.82) is 0 Å². The van der Waals surface area contributed by atoms with Gasteiger partial charge in [0.1, 0.15) is 16.5 Å². The molecule has 0 spiro atoms. The van der Waals surface area contributed by atoms with Crippen LogP contribution in [0.5, 0.6) is 5.75 Å². The van der Waals surface area contributed by atoms with Crippen LogP contribution in [-0.2, 0) is 0 Å². The second-order valence-corrected chi connectivity index (χ2v) is 4.41. The zero-order valence-corrected chi connectivity index (χ0v) is 11.0. The lowest BCUT2D eigenvalue weighted by molar-refractivity contribution is 0.102. The first kappa shape index (κ1) is 13.5. The first-order valence-corrected chi connectivity index (χ1v) is 5.95. The Morgan fingerprint density at radius 3 is 2.63 bits per heavy atom. The third kappa shape index (κ3) is 2.89. The molecule has 0 aliphatic heterocycles. The van der Waals surface area contributed by atoms with Crippen LogP contribution in [0.1, 0.15) is 10.5 Å². The molecule has 5 nitrogen and oxygen atoms in total. The monoisotopic (exact) mass is 297 g/mol. The summed E-state index contributed by atoms with van der Waals surface area (Å²) in [6.45, 7) is 0. The van der Waals surface area contributed by atoms with Gasteiger partial charge in [0, 0.05) is 0 Å². The number of aromatic nitrogens is 1. The van der Waals surface area contributed by atoms with Gasteiger partial charge < -0.3 is 16.2 Å². The zero-order valence-electron chi connectivity index (χ0n) is 9.52. The van der Waals surface area contributed by atoms with E-state index in [0.717, 1.165) is 0 Å². The van der Waals surface area contributed by atoms with E-state index in [0.29, 0.717) is 0 Å². The van der Waals surface area contributed by atoms with Crippen LogP contribution in [0.15, 0.2) is 30.3 Å². The van der Waals surface area contributed by atoms with E-state index in [1.807, 2.05) is 0 Å². The van der Waals surface area contributed by atoms with Gasteiger partial charge in [-0.05, 0) is 18.2 Å². The summed E-state index contributed by atoms with van der Waals surface area (Å²) in [5, 5.41) is 12.1. The quantitative estimate of drug-likeness (QED) is 0.587. The third-order valence-electron chi connectivity index (χ3n) is 2.33. The Kier molecular flexibility index (Phi) is 3.78. The highest BCUT2D eigenvalue weighted by Crippen LogP contribution is 2.27. The summed E-state index contributed by atoms with van der Waals surface area (Å²) in [4.78, 5) is 15.8. The number of carbonyl (C=O) groups excluding carboxylic acids is 1. The van der Waals surface area contributed by atoms with Gasteiger partial charge in [0.15, 0.2) is 5.15 Å². The number of hydrogen-bond donors (Lipinski definition) is 3. The lowest BCUT2D eigenvalue weighted by Crippen LogP contribution is -2.14. The van der Waals surface area contributed by atoms with Crippen LogP contribution < -0.4 is 11.1 Å². The third-order valence-corrected chi connectivity index (χ3v) is 3.10. The van der Waals surface area contributed by atoms with Gasteiger partial charge in [-0.1, -0.05) is 35.3 Å². The number of benzene rings is 1. The molecule has 0 fully saturated rings. The molecule has 1 heterocycles. The number of nitrogens with one attached hydrogen (secondary N) is 1. The molecule has 1 amide bonds. The molecule has 0 bridgehead atoms. The van der Waals surface area contributed by atoms with Crippen molar-refractivity contribution in [3.63, 3.8) is 0 Å². The summed E-state index contributed by atoms with van der Waals surface area (Å²) in [5.74, 6) is -0.601. The number of amides is 1. The number of anilines is 2. The Balaban J connectivity index is 2.28. The molecule has 1 aromatic carbocycles. The van der Waals surface area contributed by atoms with E-state index in [-0.39, 0.29) is 33.0 Å². The maximum atomic E-state index is 11.9. The maximum Gasteiger partial charge on any atom is 0.274 e. The number of aromatic hydroxyl groups is 1. The van der Waals surface area contributed by atoms with Gasteiger partial charge in [-0.25, -0.2) is 4.98 Å². The summed E-state index contributed by atoms with van der Waals surface area (Å²) >= 11 is 11.5. The number of nitrogens with two attached hydrogens (primary N) is 1. The van der Waals surface area contributed by atoms with Crippen molar-refractivity contribution in [2.75, 3.05) is 11.1 Å². The van der Waals surface area contributed by atoms with Crippen molar-refractivity contribution in [1.82, 2.24) is 4.98 Å². The minimum atomic E-state index is -0.549. The lowest BCUT2D eigenvalue weighted by atomic mass is 10.2. The Morgan fingerprint density at radius 1 is 1.32 bits per heavy atom. The summed E-state index contributed by atoms with van der Waals surface area (Å²) in [6, 6.07) is 7.62. The minimum Gasteiger partial charge on any atom is -0.506 e. The van der Waals surface area contributed by atoms with Crippen LogP contribution in [0.4, 0.5) is 11.4 Å². The number of carbonyl (C=O) groups is 1. The van der Waals surface area contributed by atoms with Crippen LogP contribution in [0.2, 0.25) is 10.2 Å². The predicted molar refractivity (Wildman–Crippen MR) is 74.7 cm³/mol. The van der Waals surface area contributed by atoms with E-state index >= 15 is 0 Å². The van der Waals surface area contributed by atoms with Crippen molar-refractivity contribution in [3.05, 3.63) is 46.2 Å². The van der Waals surface area contributed by atoms with Gasteiger partial charge in [0.05, 0.1) is 11.4 Å². The molecule has 0 atom stereocenters. The van der Waals surface area contributed by atoms with Crippen molar-refractivity contribution < 1.29 is 9.90 Å². The highest BCUT2D eigenvalue weighted by Gasteiger charge is 2.14. The summed E-state index contributed by atoms with van der Waals surface area (Å²) < 4.78 is 0. The summed E-state index contributed by atoms with van der Waals surface area (Å²) in [6.07, 6.45) is 0. The van der Waals surface area contributed by atoms with Crippen molar-refractivity contribution in [2.45, 2.75) is 0 Å². The van der Waals surface area contributed by atoms with Gasteiger partial charge in [-0.2, -0.15) is 0 Å². The molecule has 2 rings (SSSR count). The predicted octanol–water partition coefficient (Wildman–Crippen LogP) is 2.93. The van der Waals surface area contributed by atoms with E-state index in [1.54, 1.807) is 18.2 Å². The highest BCUT2D eigenvalue weighted by molar-refractivity contribution is 6.43. The summed E-state index contributed by atoms with van der Waals surface area (Å²) in [5.41, 5.74) is 6.03. The molecule has 0 aliphatic carbocycles. The molecule has 0 radical (unpaired) electrons. The molecule has 0 unspecified atom stereocenters. The van der Waals surface area contributed by atoms with Crippen LogP contribution in [0.25, 0.3) is 0 Å². The maximum absolute atomic E-state index is 11.9. The topological polar surface area (TPSA) is 88.2 Å². The van der Waals surface area contributed by atoms with Crippen LogP contribution in [0.3, 0.4) is 0 Å². The van der Waals surface area contributed by atoms with Gasteiger partial charge in [-0.15, -0.1) is 0 Å². The van der Waals surface area contributed by atoms with Gasteiger partial charge in [0.25, 0.3) is 5.91 Å². The Morgan fingerprint density at radius 2 is 2.00 bits per heavy atom. The number of phenolic OH excluding ortho intramolecular Hbond substituents is 1. The number of halogens is 2. The number of rotatable bonds is 2. The van der Waals surface area contributed by atoms with E-state index < -0.39 is 5.91 Å². The average Bonchev–Trinajstić information content (AvgIpc) is 2.38. The van der Waals surface area contributed by atoms with Crippen molar-refractivity contribution in [2.24, 2.45) is 0 Å². The van der Waals surface area contributed by atoms with E-state index in [1.165, 1.54) is 12.1 Å². The molecule has 1 aromatic heterocycles. The molecule has 0 saturated carbocycles. The fraction of sp³-hybridized carbons (Fsp3) is 0. The largest absolute Gasteiger partial charge is 0.506 e. The fourth-order valence-corrected chi connectivity index (χ4v) is 1.70. The Hall–Kier alpha value is -1.98. The molecular formula is C12H9Cl2N3O2. The van der Waals surface area contributed by atoms with E-state index in [9.17, 15) is 9.90 Å². The number of phenols is 1. The second kappa shape index (κ2) is 5.34. The Labute approximate surface area is 119 Å². The number of pyridine rings is 1. The zero-order chi connectivity index (χ0) is 14.0. The molecule has 98 valence electrons. The first-order chi connectivity index (χ1) is 8.99. The van der Waals surface area contributed by atoms with Gasteiger partial charge >= 0.3 is 0 Å². The number of hydrogen-bond acceptors (Lipinski definition) is 4. The standard InChI is InChI=1S/C12H9Cl2N3O2/c13-10-6(15)5-8(16-11(10)14)12(19)17-7-3-1-2-4-9(7)18/h1-5,18H,(H2,15,16)(H,17,19). The molecule has 0 aliphatic rings. The molecule has 7 heteroatoms. The normalized spacial score (nSPS) is 10.2. The van der Waals surface area contributed by atoms with Crippen LogP contribution >= 0.6 is 23.2 Å². The smallest absolute Gasteiger partial charge is 0.274 e. The van der Waals surface area contributed by atoms with Crippen LogP contribution in [0, 0.1) is 0 Å². The summed E-state index contributed by atoms with van der Waals surface area (Å²) in [7, 11) is 0. The molecular weight excluding hydrogens is 289 g/mol. The molecule has 19 heavy (non-hydrogen) atoms. The number of nitrogens with zero attached hydrogens (tertiary/aromatic N) is 1. The first-order valence-electron chi connectivity index (χ1n) is 5.20. The molecule has 0 saturated heterocycles. The average molecular weight is 298 g/mol. The Bertz CT molecular complexity index is 624. The highest BCUT2D eigenvalue weighted by atomic mass is 35.5. The number of nitrogen functional groups attached to an aromatic ring is 1. The lowest BCUT2D eigenvalue weighted by Gasteiger charge is -2.08. The minimum absolute atomic E-state index is 0.00940. The number of para-hydroxylation sites is 2. The van der Waals surface area contributed by atoms with Gasteiger partial charge in [0.2, 0.25) is 0 Å². The van der Waals surface area contributed by atoms with Crippen LogP contribution in [-0.4, -0.2) is 16.0 Å². The van der Waals surface area contributed by atoms with Crippen molar-refractivity contribution >= 4 is 40.5 Å². The second-order valence-electron chi connectivity index (χ2n) is 3.67. The van der Waals surface area contributed by atoms with Gasteiger partial charge in [-0.3, -0.25) is 4.79 Å². The van der Waals surface area contributed by atoms with E-state index in [4.69, 9.17) is 28.9 Å². The fourth-order valence-electron chi connectivity index (χ4n) is 1.40.